The number of hydrogen-bond acceptors (Lipinski definition) is 5. The molecule has 0 radical (unpaired) electrons. The summed E-state index contributed by atoms with van der Waals surface area (Å²) in [5, 5.41) is 15.2. The molecule has 0 amide bonds. The number of hydrogen-bond donors (Lipinski definition) is 2. The molecule has 0 aliphatic rings. The molecule has 4 nitrogen and oxygen atoms in total. The van der Waals surface area contributed by atoms with E-state index in [-0.39, 0.29) is 4.88 Å². The molecule has 0 bridgehead atoms. The maximum absolute atomic E-state index is 10.6. The number of nitrogens with one attached hydrogen (secondary N) is 1. The van der Waals surface area contributed by atoms with E-state index in [0.29, 0.717) is 5.13 Å². The Morgan fingerprint density at radius 3 is 2.93 bits per heavy atom. The smallest absolute Gasteiger partial charge is 0.347 e. The number of carboxylic acids is 1. The van der Waals surface area contributed by atoms with Gasteiger partial charge >= 0.3 is 5.97 Å². The van der Waals surface area contributed by atoms with E-state index >= 15 is 0 Å². The summed E-state index contributed by atoms with van der Waals surface area (Å²) in [6, 6.07) is 1.91. The molecule has 0 fully saturated rings. The lowest BCUT2D eigenvalue weighted by molar-refractivity contribution is 0.0702. The van der Waals surface area contributed by atoms with Crippen LogP contribution in [-0.2, 0) is 0 Å². The van der Waals surface area contributed by atoms with Gasteiger partial charge in [-0.2, -0.15) is 0 Å². The first kappa shape index (κ1) is 10.6. The van der Waals surface area contributed by atoms with Gasteiger partial charge in [0.25, 0.3) is 0 Å². The fraction of sp³-hybridized carbons (Fsp3) is 0. The van der Waals surface area contributed by atoms with Crippen molar-refractivity contribution in [2.24, 2.45) is 0 Å². The van der Waals surface area contributed by atoms with Crippen molar-refractivity contribution in [2.75, 3.05) is 5.32 Å². The van der Waals surface area contributed by atoms with Crippen LogP contribution in [0.15, 0.2) is 22.1 Å². The summed E-state index contributed by atoms with van der Waals surface area (Å²) in [7, 11) is 0. The summed E-state index contributed by atoms with van der Waals surface area (Å²) in [6.07, 6.45) is 1.35. The molecule has 0 aromatic carbocycles. The monoisotopic (exact) mass is 304 g/mol. The zero-order valence-corrected chi connectivity index (χ0v) is 10.4. The highest BCUT2D eigenvalue weighted by Gasteiger charge is 2.08. The van der Waals surface area contributed by atoms with E-state index in [4.69, 9.17) is 5.11 Å². The Morgan fingerprint density at radius 2 is 2.40 bits per heavy atom. The number of anilines is 2. The third-order valence-electron chi connectivity index (χ3n) is 1.51. The van der Waals surface area contributed by atoms with Gasteiger partial charge in [-0.25, -0.2) is 9.78 Å². The molecule has 0 aliphatic heterocycles. The standard InChI is InChI=1S/C8H5BrN2O2S2/c9-4-1-6(14-3-4)11-8-10-2-5(15-8)7(12)13/h1-3H,(H,10,11)(H,12,13). The molecular formula is C8H5BrN2O2S2. The van der Waals surface area contributed by atoms with Crippen LogP contribution in [0.4, 0.5) is 10.1 Å². The van der Waals surface area contributed by atoms with Crippen LogP contribution in [0.25, 0.3) is 0 Å². The van der Waals surface area contributed by atoms with Crippen LogP contribution in [0, 0.1) is 0 Å². The molecule has 78 valence electrons. The lowest BCUT2D eigenvalue weighted by Crippen LogP contribution is -1.89. The Morgan fingerprint density at radius 1 is 1.60 bits per heavy atom. The normalized spacial score (nSPS) is 10.2. The lowest BCUT2D eigenvalue weighted by atomic mass is 10.6. The Hall–Kier alpha value is -0.920. The van der Waals surface area contributed by atoms with Crippen LogP contribution >= 0.6 is 38.6 Å². The number of aromatic nitrogens is 1. The molecule has 0 spiro atoms. The Kier molecular flexibility index (Phi) is 3.03. The highest BCUT2D eigenvalue weighted by molar-refractivity contribution is 9.10. The van der Waals surface area contributed by atoms with Crippen molar-refractivity contribution < 1.29 is 9.90 Å². The molecule has 2 aromatic heterocycles. The van der Waals surface area contributed by atoms with Crippen molar-refractivity contribution in [3.05, 3.63) is 27.0 Å². The summed E-state index contributed by atoms with van der Waals surface area (Å²) in [6.45, 7) is 0. The molecule has 7 heteroatoms. The number of aromatic carboxylic acids is 1. The first-order valence-electron chi connectivity index (χ1n) is 3.85. The minimum Gasteiger partial charge on any atom is -0.477 e. The second kappa shape index (κ2) is 4.30. The zero-order valence-electron chi connectivity index (χ0n) is 7.23. The topological polar surface area (TPSA) is 62.2 Å². The van der Waals surface area contributed by atoms with Crippen molar-refractivity contribution >= 4 is 54.7 Å². The fourth-order valence-corrected chi connectivity index (χ4v) is 2.97. The third-order valence-corrected chi connectivity index (χ3v) is 4.02. The average Bonchev–Trinajstić information content (AvgIpc) is 2.76. The van der Waals surface area contributed by atoms with Crippen LogP contribution < -0.4 is 5.32 Å². The van der Waals surface area contributed by atoms with Gasteiger partial charge < -0.3 is 10.4 Å². The first-order valence-corrected chi connectivity index (χ1v) is 6.34. The van der Waals surface area contributed by atoms with Crippen LogP contribution in [0.5, 0.6) is 0 Å². The van der Waals surface area contributed by atoms with E-state index in [0.717, 1.165) is 20.8 Å². The zero-order chi connectivity index (χ0) is 10.8. The maximum atomic E-state index is 10.6. The van der Waals surface area contributed by atoms with E-state index in [9.17, 15) is 4.79 Å². The van der Waals surface area contributed by atoms with Crippen LogP contribution in [0.2, 0.25) is 0 Å². The molecule has 2 N–H and O–H groups in total. The first-order chi connectivity index (χ1) is 7.15. The molecule has 2 aromatic rings. The van der Waals surface area contributed by atoms with E-state index in [1.165, 1.54) is 17.5 Å². The van der Waals surface area contributed by atoms with E-state index in [1.807, 2.05) is 11.4 Å². The number of thiophene rings is 1. The van der Waals surface area contributed by atoms with Crippen molar-refractivity contribution in [1.29, 1.82) is 0 Å². The highest BCUT2D eigenvalue weighted by Crippen LogP contribution is 2.29. The lowest BCUT2D eigenvalue weighted by Gasteiger charge is -1.95. The number of thiazole rings is 1. The van der Waals surface area contributed by atoms with Crippen molar-refractivity contribution in [2.45, 2.75) is 0 Å². The third kappa shape index (κ3) is 2.55. The van der Waals surface area contributed by atoms with Crippen LogP contribution in [0.1, 0.15) is 9.67 Å². The number of carbonyl (C=O) groups is 1. The van der Waals surface area contributed by atoms with Gasteiger partial charge in [-0.1, -0.05) is 11.3 Å². The minimum absolute atomic E-state index is 0.230. The summed E-state index contributed by atoms with van der Waals surface area (Å²) in [4.78, 5) is 14.8. The molecule has 0 atom stereocenters. The number of halogens is 1. The Bertz CT molecular complexity index is 494. The summed E-state index contributed by atoms with van der Waals surface area (Å²) in [5.41, 5.74) is 0. The van der Waals surface area contributed by atoms with Gasteiger partial charge in [0.2, 0.25) is 0 Å². The SMILES string of the molecule is O=C(O)c1cnc(Nc2cc(Br)cs2)s1. The number of nitrogens with zero attached hydrogens (tertiary/aromatic N) is 1. The van der Waals surface area contributed by atoms with Gasteiger partial charge in [0.15, 0.2) is 5.13 Å². The summed E-state index contributed by atoms with van der Waals surface area (Å²) >= 11 is 5.97. The van der Waals surface area contributed by atoms with E-state index in [1.54, 1.807) is 0 Å². The van der Waals surface area contributed by atoms with Gasteiger partial charge in [0, 0.05) is 9.85 Å². The van der Waals surface area contributed by atoms with E-state index in [2.05, 4.69) is 26.2 Å². The number of carboxylic acid groups (broad SMARTS) is 1. The molecular weight excluding hydrogens is 300 g/mol. The van der Waals surface area contributed by atoms with Crippen molar-refractivity contribution in [3.63, 3.8) is 0 Å². The van der Waals surface area contributed by atoms with Gasteiger partial charge in [-0.3, -0.25) is 0 Å². The van der Waals surface area contributed by atoms with Gasteiger partial charge in [-0.05, 0) is 22.0 Å². The molecule has 15 heavy (non-hydrogen) atoms. The number of rotatable bonds is 3. The highest BCUT2D eigenvalue weighted by atomic mass is 79.9. The Labute approximate surface area is 102 Å². The van der Waals surface area contributed by atoms with Gasteiger partial charge in [0.05, 0.1) is 11.2 Å². The minimum atomic E-state index is -0.951. The predicted octanol–water partition coefficient (Wildman–Crippen LogP) is 3.41. The average molecular weight is 305 g/mol. The van der Waals surface area contributed by atoms with Crippen molar-refractivity contribution in [3.8, 4) is 0 Å². The molecule has 0 unspecified atom stereocenters. The second-order valence-corrected chi connectivity index (χ2v) is 5.45. The molecule has 2 heterocycles. The molecule has 0 saturated heterocycles. The Balaban J connectivity index is 2.14. The van der Waals surface area contributed by atoms with Gasteiger partial charge in [-0.15, -0.1) is 11.3 Å². The second-order valence-electron chi connectivity index (χ2n) is 2.59. The van der Waals surface area contributed by atoms with Gasteiger partial charge in [0.1, 0.15) is 4.88 Å². The summed E-state index contributed by atoms with van der Waals surface area (Å²) < 4.78 is 0.991. The molecule has 0 aliphatic carbocycles. The largest absolute Gasteiger partial charge is 0.477 e. The van der Waals surface area contributed by atoms with Crippen LogP contribution in [-0.4, -0.2) is 16.1 Å². The molecule has 2 rings (SSSR count). The maximum Gasteiger partial charge on any atom is 0.347 e. The van der Waals surface area contributed by atoms with Crippen LogP contribution in [0.3, 0.4) is 0 Å². The quantitative estimate of drug-likeness (QED) is 0.912. The van der Waals surface area contributed by atoms with E-state index < -0.39 is 5.97 Å². The molecule has 0 saturated carbocycles. The van der Waals surface area contributed by atoms with Crippen molar-refractivity contribution in [1.82, 2.24) is 4.98 Å². The summed E-state index contributed by atoms with van der Waals surface area (Å²) in [5.74, 6) is -0.951. The predicted molar refractivity (Wildman–Crippen MR) is 64.4 cm³/mol. The fourth-order valence-electron chi connectivity index (χ4n) is 0.915.